The number of esters is 1. The SMILES string of the molecule is CC(=O)[C@H](C)CCC[C@H](C)[C@@H]1CC[C@@H](C)C(=O)O1. The largest absolute Gasteiger partial charge is 0.462 e. The smallest absolute Gasteiger partial charge is 0.308 e. The molecular weight excluding hydrogens is 228 g/mol. The lowest BCUT2D eigenvalue weighted by Crippen LogP contribution is -2.33. The quantitative estimate of drug-likeness (QED) is 0.683. The monoisotopic (exact) mass is 254 g/mol. The predicted octanol–water partition coefficient (Wildman–Crippen LogP) is 3.36. The standard InChI is InChI=1S/C15H26O3/c1-10(13(4)16)6-5-7-11(2)14-9-8-12(3)15(17)18-14/h10-12,14H,5-9H2,1-4H3/t10-,11+,12-,14+/m1/s1. The van der Waals surface area contributed by atoms with E-state index in [0.29, 0.717) is 5.92 Å². The lowest BCUT2D eigenvalue weighted by molar-refractivity contribution is -0.162. The van der Waals surface area contributed by atoms with Gasteiger partial charge in [-0.3, -0.25) is 9.59 Å². The molecule has 0 bridgehead atoms. The maximum Gasteiger partial charge on any atom is 0.308 e. The summed E-state index contributed by atoms with van der Waals surface area (Å²) in [6, 6.07) is 0. The van der Waals surface area contributed by atoms with Gasteiger partial charge in [-0.15, -0.1) is 0 Å². The number of carbonyl (C=O) groups is 2. The van der Waals surface area contributed by atoms with Crippen molar-refractivity contribution in [2.75, 3.05) is 0 Å². The Hall–Kier alpha value is -0.860. The number of rotatable bonds is 6. The van der Waals surface area contributed by atoms with E-state index < -0.39 is 0 Å². The van der Waals surface area contributed by atoms with Crippen molar-refractivity contribution >= 4 is 11.8 Å². The summed E-state index contributed by atoms with van der Waals surface area (Å²) >= 11 is 0. The maximum absolute atomic E-state index is 11.5. The van der Waals surface area contributed by atoms with E-state index in [-0.39, 0.29) is 29.7 Å². The molecule has 4 atom stereocenters. The molecule has 0 aromatic heterocycles. The molecule has 0 radical (unpaired) electrons. The number of hydrogen-bond acceptors (Lipinski definition) is 3. The van der Waals surface area contributed by atoms with Crippen molar-refractivity contribution in [1.82, 2.24) is 0 Å². The van der Waals surface area contributed by atoms with Crippen LogP contribution in [0.25, 0.3) is 0 Å². The van der Waals surface area contributed by atoms with Crippen molar-refractivity contribution in [2.24, 2.45) is 17.8 Å². The molecule has 0 unspecified atom stereocenters. The first-order valence-corrected chi connectivity index (χ1v) is 7.12. The number of ketones is 1. The van der Waals surface area contributed by atoms with Crippen molar-refractivity contribution in [3.05, 3.63) is 0 Å². The van der Waals surface area contributed by atoms with Crippen LogP contribution in [0.2, 0.25) is 0 Å². The molecule has 0 N–H and O–H groups in total. The number of ether oxygens (including phenoxy) is 1. The summed E-state index contributed by atoms with van der Waals surface area (Å²) in [5.74, 6) is 0.841. The Morgan fingerprint density at radius 3 is 2.56 bits per heavy atom. The van der Waals surface area contributed by atoms with Crippen LogP contribution < -0.4 is 0 Å². The van der Waals surface area contributed by atoms with E-state index in [1.54, 1.807) is 6.92 Å². The first-order chi connectivity index (χ1) is 8.41. The molecule has 0 aromatic rings. The third-order valence-corrected chi connectivity index (χ3v) is 4.18. The summed E-state index contributed by atoms with van der Waals surface area (Å²) in [5.41, 5.74) is 0. The van der Waals surface area contributed by atoms with E-state index in [1.807, 2.05) is 13.8 Å². The molecule has 1 saturated heterocycles. The highest BCUT2D eigenvalue weighted by Crippen LogP contribution is 2.27. The second-order valence-corrected chi connectivity index (χ2v) is 5.87. The molecule has 104 valence electrons. The zero-order chi connectivity index (χ0) is 13.7. The van der Waals surface area contributed by atoms with E-state index in [2.05, 4.69) is 6.92 Å². The highest BCUT2D eigenvalue weighted by Gasteiger charge is 2.30. The van der Waals surface area contributed by atoms with Crippen LogP contribution in [0.3, 0.4) is 0 Å². The number of hydrogen-bond donors (Lipinski definition) is 0. The van der Waals surface area contributed by atoms with Gasteiger partial charge in [-0.05, 0) is 38.5 Å². The van der Waals surface area contributed by atoms with Gasteiger partial charge in [0.25, 0.3) is 0 Å². The van der Waals surface area contributed by atoms with Crippen LogP contribution >= 0.6 is 0 Å². The van der Waals surface area contributed by atoms with Crippen LogP contribution in [0.5, 0.6) is 0 Å². The molecule has 1 heterocycles. The van der Waals surface area contributed by atoms with Crippen LogP contribution in [0.15, 0.2) is 0 Å². The molecule has 0 spiro atoms. The summed E-state index contributed by atoms with van der Waals surface area (Å²) in [5, 5.41) is 0. The Bertz CT molecular complexity index is 298. The Balaban J connectivity index is 2.26. The minimum absolute atomic E-state index is 0.0461. The van der Waals surface area contributed by atoms with Gasteiger partial charge in [-0.1, -0.05) is 27.2 Å². The van der Waals surface area contributed by atoms with Crippen LogP contribution in [-0.4, -0.2) is 17.9 Å². The van der Waals surface area contributed by atoms with Gasteiger partial charge in [0, 0.05) is 5.92 Å². The molecule has 0 amide bonds. The van der Waals surface area contributed by atoms with E-state index in [0.717, 1.165) is 32.1 Å². The van der Waals surface area contributed by atoms with Crippen LogP contribution in [0.1, 0.15) is 59.8 Å². The molecular formula is C15H26O3. The summed E-state index contributed by atoms with van der Waals surface area (Å²) in [7, 11) is 0. The normalized spacial score (nSPS) is 27.4. The average molecular weight is 254 g/mol. The zero-order valence-electron chi connectivity index (χ0n) is 12.1. The van der Waals surface area contributed by atoms with E-state index in [1.165, 1.54) is 0 Å². The predicted molar refractivity (Wildman–Crippen MR) is 71.1 cm³/mol. The fourth-order valence-electron chi connectivity index (χ4n) is 2.39. The molecule has 1 aliphatic rings. The number of Topliss-reactive ketones (excluding diaryl/α,β-unsaturated/α-hetero) is 1. The minimum Gasteiger partial charge on any atom is -0.462 e. The van der Waals surface area contributed by atoms with E-state index >= 15 is 0 Å². The summed E-state index contributed by atoms with van der Waals surface area (Å²) in [6.45, 7) is 7.71. The van der Waals surface area contributed by atoms with Gasteiger partial charge < -0.3 is 4.74 Å². The Morgan fingerprint density at radius 2 is 2.00 bits per heavy atom. The highest BCUT2D eigenvalue weighted by atomic mass is 16.5. The molecule has 18 heavy (non-hydrogen) atoms. The maximum atomic E-state index is 11.5. The Labute approximate surface area is 110 Å². The molecule has 3 nitrogen and oxygen atoms in total. The molecule has 0 aromatic carbocycles. The number of carbonyl (C=O) groups excluding carboxylic acids is 2. The van der Waals surface area contributed by atoms with Gasteiger partial charge in [0.1, 0.15) is 11.9 Å². The fourth-order valence-corrected chi connectivity index (χ4v) is 2.39. The molecule has 3 heteroatoms. The lowest BCUT2D eigenvalue weighted by Gasteiger charge is -2.30. The van der Waals surface area contributed by atoms with E-state index in [9.17, 15) is 9.59 Å². The van der Waals surface area contributed by atoms with Gasteiger partial charge >= 0.3 is 5.97 Å². The first kappa shape index (κ1) is 15.2. The Kier molecular flexibility index (Phi) is 5.83. The van der Waals surface area contributed by atoms with Gasteiger partial charge in [0.2, 0.25) is 0 Å². The topological polar surface area (TPSA) is 43.4 Å². The van der Waals surface area contributed by atoms with Gasteiger partial charge in [0.05, 0.1) is 5.92 Å². The second-order valence-electron chi connectivity index (χ2n) is 5.87. The molecule has 1 fully saturated rings. The van der Waals surface area contributed by atoms with Gasteiger partial charge in [0.15, 0.2) is 0 Å². The second kappa shape index (κ2) is 6.91. The molecule has 1 rings (SSSR count). The highest BCUT2D eigenvalue weighted by molar-refractivity contribution is 5.77. The summed E-state index contributed by atoms with van der Waals surface area (Å²) < 4.78 is 5.46. The third kappa shape index (κ3) is 4.43. The Morgan fingerprint density at radius 1 is 1.33 bits per heavy atom. The number of cyclic esters (lactones) is 1. The lowest BCUT2D eigenvalue weighted by atomic mass is 9.88. The van der Waals surface area contributed by atoms with Crippen LogP contribution in [0.4, 0.5) is 0 Å². The van der Waals surface area contributed by atoms with Gasteiger partial charge in [-0.2, -0.15) is 0 Å². The molecule has 0 aliphatic carbocycles. The molecule has 0 saturated carbocycles. The van der Waals surface area contributed by atoms with E-state index in [4.69, 9.17) is 4.74 Å². The van der Waals surface area contributed by atoms with Gasteiger partial charge in [-0.25, -0.2) is 0 Å². The zero-order valence-corrected chi connectivity index (χ0v) is 12.1. The summed E-state index contributed by atoms with van der Waals surface area (Å²) in [4.78, 5) is 22.6. The van der Waals surface area contributed by atoms with Crippen LogP contribution in [-0.2, 0) is 14.3 Å². The third-order valence-electron chi connectivity index (χ3n) is 4.18. The average Bonchev–Trinajstić information content (AvgIpc) is 2.32. The van der Waals surface area contributed by atoms with Crippen molar-refractivity contribution in [1.29, 1.82) is 0 Å². The van der Waals surface area contributed by atoms with Crippen LogP contribution in [0, 0.1) is 17.8 Å². The first-order valence-electron chi connectivity index (χ1n) is 7.12. The molecule has 1 aliphatic heterocycles. The minimum atomic E-state index is -0.0461. The van der Waals surface area contributed by atoms with Crippen molar-refractivity contribution in [3.8, 4) is 0 Å². The van der Waals surface area contributed by atoms with Crippen molar-refractivity contribution < 1.29 is 14.3 Å². The van der Waals surface area contributed by atoms with Crippen molar-refractivity contribution in [2.45, 2.75) is 65.9 Å². The van der Waals surface area contributed by atoms with Crippen molar-refractivity contribution in [3.63, 3.8) is 0 Å². The fraction of sp³-hybridized carbons (Fsp3) is 0.867. The summed E-state index contributed by atoms with van der Waals surface area (Å²) in [6.07, 6.45) is 5.02.